The quantitative estimate of drug-likeness (QED) is 0.933. The van der Waals surface area contributed by atoms with Crippen LogP contribution in [-0.4, -0.2) is 4.98 Å². The van der Waals surface area contributed by atoms with Crippen LogP contribution in [0.3, 0.4) is 0 Å². The molecule has 0 unspecified atom stereocenters. The van der Waals surface area contributed by atoms with Gasteiger partial charge in [-0.1, -0.05) is 17.8 Å². The SMILES string of the molecule is NCc1cc(Sc2ccccn2)ccc1C(F)(F)F. The molecule has 6 heteroatoms. The molecule has 1 heterocycles. The molecule has 0 saturated heterocycles. The van der Waals surface area contributed by atoms with Crippen LogP contribution in [0.5, 0.6) is 0 Å². The van der Waals surface area contributed by atoms with Crippen LogP contribution >= 0.6 is 11.8 Å². The fourth-order valence-corrected chi connectivity index (χ4v) is 2.45. The van der Waals surface area contributed by atoms with Gasteiger partial charge in [0.05, 0.1) is 5.56 Å². The molecule has 0 aliphatic heterocycles. The van der Waals surface area contributed by atoms with Crippen molar-refractivity contribution in [1.82, 2.24) is 4.98 Å². The van der Waals surface area contributed by atoms with E-state index in [1.165, 1.54) is 23.9 Å². The summed E-state index contributed by atoms with van der Waals surface area (Å²) in [7, 11) is 0. The van der Waals surface area contributed by atoms with Gasteiger partial charge in [-0.05, 0) is 35.9 Å². The molecule has 1 aromatic carbocycles. The highest BCUT2D eigenvalue weighted by Gasteiger charge is 2.32. The van der Waals surface area contributed by atoms with Crippen LogP contribution in [0.15, 0.2) is 52.5 Å². The van der Waals surface area contributed by atoms with Crippen LogP contribution in [-0.2, 0) is 12.7 Å². The Kier molecular flexibility index (Phi) is 4.11. The number of alkyl halides is 3. The van der Waals surface area contributed by atoms with Gasteiger partial charge >= 0.3 is 6.18 Å². The molecule has 2 N–H and O–H groups in total. The van der Waals surface area contributed by atoms with E-state index in [2.05, 4.69) is 4.98 Å². The Bertz CT molecular complexity index is 556. The molecular weight excluding hydrogens is 273 g/mol. The lowest BCUT2D eigenvalue weighted by Gasteiger charge is -2.12. The molecule has 2 rings (SSSR count). The summed E-state index contributed by atoms with van der Waals surface area (Å²) in [6.45, 7) is -0.147. The molecule has 0 radical (unpaired) electrons. The topological polar surface area (TPSA) is 38.9 Å². The first-order chi connectivity index (χ1) is 9.00. The van der Waals surface area contributed by atoms with E-state index in [1.54, 1.807) is 18.3 Å². The van der Waals surface area contributed by atoms with E-state index in [1.807, 2.05) is 6.07 Å². The van der Waals surface area contributed by atoms with E-state index in [-0.39, 0.29) is 12.1 Å². The molecular formula is C13H11F3N2S. The molecule has 0 atom stereocenters. The summed E-state index contributed by atoms with van der Waals surface area (Å²) in [5.74, 6) is 0. The lowest BCUT2D eigenvalue weighted by Crippen LogP contribution is -2.11. The summed E-state index contributed by atoms with van der Waals surface area (Å²) in [6, 6.07) is 9.35. The molecule has 0 fully saturated rings. The third-order valence-electron chi connectivity index (χ3n) is 2.46. The van der Waals surface area contributed by atoms with E-state index in [9.17, 15) is 13.2 Å². The summed E-state index contributed by atoms with van der Waals surface area (Å²) in [5.41, 5.74) is 4.80. The number of hydrogen-bond acceptors (Lipinski definition) is 3. The highest BCUT2D eigenvalue weighted by molar-refractivity contribution is 7.99. The predicted molar refractivity (Wildman–Crippen MR) is 67.7 cm³/mol. The van der Waals surface area contributed by atoms with Crippen molar-refractivity contribution >= 4 is 11.8 Å². The van der Waals surface area contributed by atoms with Gasteiger partial charge in [-0.15, -0.1) is 0 Å². The molecule has 2 nitrogen and oxygen atoms in total. The highest BCUT2D eigenvalue weighted by atomic mass is 32.2. The minimum atomic E-state index is -4.37. The Morgan fingerprint density at radius 2 is 1.95 bits per heavy atom. The summed E-state index contributed by atoms with van der Waals surface area (Å²) in [4.78, 5) is 4.80. The average molecular weight is 284 g/mol. The first kappa shape index (κ1) is 13.9. The van der Waals surface area contributed by atoms with Crippen molar-refractivity contribution in [2.24, 2.45) is 5.73 Å². The number of aromatic nitrogens is 1. The highest BCUT2D eigenvalue weighted by Crippen LogP contribution is 2.35. The zero-order valence-corrected chi connectivity index (χ0v) is 10.6. The molecule has 19 heavy (non-hydrogen) atoms. The van der Waals surface area contributed by atoms with Crippen molar-refractivity contribution in [3.63, 3.8) is 0 Å². The summed E-state index contributed by atoms with van der Waals surface area (Å²) in [6.07, 6.45) is -2.74. The molecule has 0 aliphatic rings. The Hall–Kier alpha value is -1.53. The number of pyridine rings is 1. The third kappa shape index (κ3) is 3.48. The summed E-state index contributed by atoms with van der Waals surface area (Å²) in [5, 5.41) is 0.727. The van der Waals surface area contributed by atoms with Crippen molar-refractivity contribution in [3.8, 4) is 0 Å². The van der Waals surface area contributed by atoms with E-state index in [0.717, 1.165) is 11.1 Å². The molecule has 1 aromatic heterocycles. The second-order valence-electron chi connectivity index (χ2n) is 3.79. The van der Waals surface area contributed by atoms with E-state index >= 15 is 0 Å². The van der Waals surface area contributed by atoms with Gasteiger partial charge < -0.3 is 5.73 Å². The van der Waals surface area contributed by atoms with Crippen molar-refractivity contribution in [2.75, 3.05) is 0 Å². The summed E-state index contributed by atoms with van der Waals surface area (Å²) < 4.78 is 38.2. The van der Waals surface area contributed by atoms with E-state index < -0.39 is 11.7 Å². The number of benzene rings is 1. The molecule has 0 amide bonds. The monoisotopic (exact) mass is 284 g/mol. The van der Waals surface area contributed by atoms with Gasteiger partial charge in [0, 0.05) is 17.6 Å². The first-order valence-corrected chi connectivity index (χ1v) is 6.31. The Morgan fingerprint density at radius 3 is 2.53 bits per heavy atom. The standard InChI is InChI=1S/C13H11F3N2S/c14-13(15,16)11-5-4-10(7-9(11)8-17)19-12-3-1-2-6-18-12/h1-7H,8,17H2. The normalized spacial score (nSPS) is 11.6. The second-order valence-corrected chi connectivity index (χ2v) is 4.88. The summed E-state index contributed by atoms with van der Waals surface area (Å²) >= 11 is 1.30. The Morgan fingerprint density at radius 1 is 1.16 bits per heavy atom. The van der Waals surface area contributed by atoms with Gasteiger partial charge in [-0.3, -0.25) is 0 Å². The van der Waals surface area contributed by atoms with Crippen LogP contribution in [0.4, 0.5) is 13.2 Å². The molecule has 100 valence electrons. The smallest absolute Gasteiger partial charge is 0.326 e. The zero-order chi connectivity index (χ0) is 13.9. The van der Waals surface area contributed by atoms with Gasteiger partial charge in [0.15, 0.2) is 0 Å². The van der Waals surface area contributed by atoms with E-state index in [0.29, 0.717) is 4.90 Å². The Balaban J connectivity index is 2.30. The fourth-order valence-electron chi connectivity index (χ4n) is 1.61. The molecule has 0 saturated carbocycles. The number of hydrogen-bond donors (Lipinski definition) is 1. The molecule has 0 spiro atoms. The largest absolute Gasteiger partial charge is 0.416 e. The molecule has 0 bridgehead atoms. The van der Waals surface area contributed by atoms with Crippen molar-refractivity contribution in [1.29, 1.82) is 0 Å². The number of nitrogens with two attached hydrogens (primary N) is 1. The van der Waals surface area contributed by atoms with Gasteiger partial charge in [-0.2, -0.15) is 13.2 Å². The lowest BCUT2D eigenvalue weighted by atomic mass is 10.1. The maximum absolute atomic E-state index is 12.7. The molecule has 0 aliphatic carbocycles. The maximum Gasteiger partial charge on any atom is 0.416 e. The van der Waals surface area contributed by atoms with Crippen molar-refractivity contribution in [2.45, 2.75) is 22.6 Å². The van der Waals surface area contributed by atoms with Crippen molar-refractivity contribution in [3.05, 3.63) is 53.7 Å². The number of rotatable bonds is 3. The van der Waals surface area contributed by atoms with Crippen LogP contribution < -0.4 is 5.73 Å². The fraction of sp³-hybridized carbons (Fsp3) is 0.154. The zero-order valence-electron chi connectivity index (χ0n) is 9.82. The van der Waals surface area contributed by atoms with Crippen LogP contribution in [0.1, 0.15) is 11.1 Å². The minimum absolute atomic E-state index is 0.0911. The first-order valence-electron chi connectivity index (χ1n) is 5.50. The van der Waals surface area contributed by atoms with Crippen LogP contribution in [0.25, 0.3) is 0 Å². The van der Waals surface area contributed by atoms with Gasteiger partial charge in [0.1, 0.15) is 5.03 Å². The Labute approximate surface area is 112 Å². The van der Waals surface area contributed by atoms with Crippen LogP contribution in [0.2, 0.25) is 0 Å². The van der Waals surface area contributed by atoms with Gasteiger partial charge in [-0.25, -0.2) is 4.98 Å². The van der Waals surface area contributed by atoms with Gasteiger partial charge in [0.2, 0.25) is 0 Å². The predicted octanol–water partition coefficient (Wildman–Crippen LogP) is 3.71. The number of halogens is 3. The maximum atomic E-state index is 12.7. The minimum Gasteiger partial charge on any atom is -0.326 e. The molecule has 2 aromatic rings. The average Bonchev–Trinajstić information content (AvgIpc) is 2.38. The van der Waals surface area contributed by atoms with Crippen LogP contribution in [0, 0.1) is 0 Å². The number of nitrogens with zero attached hydrogens (tertiary/aromatic N) is 1. The van der Waals surface area contributed by atoms with Crippen molar-refractivity contribution < 1.29 is 13.2 Å². The third-order valence-corrected chi connectivity index (χ3v) is 3.40. The van der Waals surface area contributed by atoms with Gasteiger partial charge in [0.25, 0.3) is 0 Å². The second kappa shape index (κ2) is 5.63. The lowest BCUT2D eigenvalue weighted by molar-refractivity contribution is -0.138. The van der Waals surface area contributed by atoms with E-state index in [4.69, 9.17) is 5.73 Å².